The van der Waals surface area contributed by atoms with Gasteiger partial charge in [0.2, 0.25) is 5.91 Å². The van der Waals surface area contributed by atoms with Gasteiger partial charge in [-0.25, -0.2) is 0 Å². The van der Waals surface area contributed by atoms with Crippen molar-refractivity contribution in [2.45, 2.75) is 46.0 Å². The largest absolute Gasteiger partial charge is 0.481 e. The first-order valence-electron chi connectivity index (χ1n) is 5.95. The summed E-state index contributed by atoms with van der Waals surface area (Å²) >= 11 is 0. The molecule has 1 aliphatic rings. The number of rotatable bonds is 4. The number of carboxylic acids is 1. The molecule has 104 valence electrons. The molecule has 2 N–H and O–H groups in total. The van der Waals surface area contributed by atoms with E-state index in [9.17, 15) is 9.59 Å². The lowest BCUT2D eigenvalue weighted by molar-refractivity contribution is -0.304. The summed E-state index contributed by atoms with van der Waals surface area (Å²) in [6.45, 7) is 7.77. The molecule has 6 heteroatoms. The highest BCUT2D eigenvalue weighted by Crippen LogP contribution is 2.34. The zero-order valence-electron chi connectivity index (χ0n) is 11.3. The molecule has 0 radical (unpaired) electrons. The van der Waals surface area contributed by atoms with Gasteiger partial charge in [-0.15, -0.1) is 0 Å². The van der Waals surface area contributed by atoms with E-state index in [4.69, 9.17) is 14.6 Å². The van der Waals surface area contributed by atoms with E-state index in [0.717, 1.165) is 0 Å². The predicted octanol–water partition coefficient (Wildman–Crippen LogP) is 0.755. The van der Waals surface area contributed by atoms with Gasteiger partial charge < -0.3 is 19.9 Å². The van der Waals surface area contributed by atoms with E-state index < -0.39 is 23.3 Å². The van der Waals surface area contributed by atoms with Crippen LogP contribution in [0.15, 0.2) is 0 Å². The molecular weight excluding hydrogens is 238 g/mol. The van der Waals surface area contributed by atoms with Gasteiger partial charge in [0, 0.05) is 12.0 Å². The van der Waals surface area contributed by atoms with Crippen molar-refractivity contribution in [3.05, 3.63) is 0 Å². The van der Waals surface area contributed by atoms with E-state index in [2.05, 4.69) is 5.32 Å². The van der Waals surface area contributed by atoms with Gasteiger partial charge in [-0.2, -0.15) is 0 Å². The number of aliphatic carboxylic acids is 1. The average Bonchev–Trinajstić information content (AvgIpc) is 2.21. The van der Waals surface area contributed by atoms with E-state index in [1.165, 1.54) is 0 Å². The summed E-state index contributed by atoms with van der Waals surface area (Å²) in [5.74, 6) is -2.04. The number of carboxylic acid groups (broad SMARTS) is 1. The van der Waals surface area contributed by atoms with Gasteiger partial charge in [-0.3, -0.25) is 9.59 Å². The van der Waals surface area contributed by atoms with Gasteiger partial charge in [0.15, 0.2) is 5.79 Å². The van der Waals surface area contributed by atoms with Crippen LogP contribution < -0.4 is 5.32 Å². The van der Waals surface area contributed by atoms with Gasteiger partial charge in [0.05, 0.1) is 13.0 Å². The van der Waals surface area contributed by atoms with E-state index in [1.807, 2.05) is 13.8 Å². The molecule has 1 heterocycles. The lowest BCUT2D eigenvalue weighted by Crippen LogP contribution is -2.56. The third kappa shape index (κ3) is 3.96. The fraction of sp³-hybridized carbons (Fsp3) is 0.833. The monoisotopic (exact) mass is 259 g/mol. The molecule has 1 aliphatic heterocycles. The standard InChI is InChI=1S/C12H21NO5/c1-11(2)7-17-12(3,4)18-9(11)10(16)13-6-5-8(14)15/h9H,5-7H2,1-4H3,(H,13,16)(H,14,15)/t9-/m1/s1. The summed E-state index contributed by atoms with van der Waals surface area (Å²) in [4.78, 5) is 22.4. The molecule has 0 aliphatic carbocycles. The fourth-order valence-corrected chi connectivity index (χ4v) is 1.71. The SMILES string of the molecule is CC1(C)OCC(C)(C)[C@@H](C(=O)NCCC(=O)O)O1. The lowest BCUT2D eigenvalue weighted by atomic mass is 9.85. The van der Waals surface area contributed by atoms with Crippen LogP contribution in [0.4, 0.5) is 0 Å². The Labute approximate surface area is 107 Å². The minimum Gasteiger partial charge on any atom is -0.481 e. The normalized spacial score (nSPS) is 25.4. The summed E-state index contributed by atoms with van der Waals surface area (Å²) in [6, 6.07) is 0. The first kappa shape index (κ1) is 14.9. The topological polar surface area (TPSA) is 84.9 Å². The third-order valence-corrected chi connectivity index (χ3v) is 2.78. The first-order chi connectivity index (χ1) is 8.14. The highest BCUT2D eigenvalue weighted by molar-refractivity contribution is 5.82. The molecule has 0 saturated carbocycles. The van der Waals surface area contributed by atoms with Crippen molar-refractivity contribution < 1.29 is 24.2 Å². The Balaban J connectivity index is 2.60. The summed E-state index contributed by atoms with van der Waals surface area (Å²) in [5.41, 5.74) is -0.442. The van der Waals surface area contributed by atoms with Crippen LogP contribution >= 0.6 is 0 Å². The number of amides is 1. The molecule has 1 atom stereocenters. The maximum absolute atomic E-state index is 12.0. The van der Waals surface area contributed by atoms with Crippen LogP contribution in [-0.2, 0) is 19.1 Å². The quantitative estimate of drug-likeness (QED) is 0.778. The minimum atomic E-state index is -0.942. The molecule has 1 amide bonds. The van der Waals surface area contributed by atoms with Crippen molar-refractivity contribution in [3.63, 3.8) is 0 Å². The molecule has 0 unspecified atom stereocenters. The maximum atomic E-state index is 12.0. The van der Waals surface area contributed by atoms with Crippen LogP contribution in [0, 0.1) is 5.41 Å². The van der Waals surface area contributed by atoms with Crippen molar-refractivity contribution in [2.24, 2.45) is 5.41 Å². The zero-order valence-corrected chi connectivity index (χ0v) is 11.3. The van der Waals surface area contributed by atoms with Gasteiger partial charge in [0.1, 0.15) is 6.10 Å². The summed E-state index contributed by atoms with van der Waals surface area (Å²) < 4.78 is 11.1. The van der Waals surface area contributed by atoms with E-state index >= 15 is 0 Å². The molecular formula is C12H21NO5. The second kappa shape index (κ2) is 5.24. The number of hydrogen-bond donors (Lipinski definition) is 2. The predicted molar refractivity (Wildman–Crippen MR) is 63.9 cm³/mol. The van der Waals surface area contributed by atoms with Crippen molar-refractivity contribution in [3.8, 4) is 0 Å². The Morgan fingerprint density at radius 3 is 2.50 bits per heavy atom. The lowest BCUT2D eigenvalue weighted by Gasteiger charge is -2.44. The van der Waals surface area contributed by atoms with Crippen molar-refractivity contribution in [1.29, 1.82) is 0 Å². The Hall–Kier alpha value is -1.14. The smallest absolute Gasteiger partial charge is 0.305 e. The highest BCUT2D eigenvalue weighted by Gasteiger charge is 2.45. The Morgan fingerprint density at radius 1 is 1.33 bits per heavy atom. The number of hydrogen-bond acceptors (Lipinski definition) is 4. The minimum absolute atomic E-state index is 0.0984. The molecule has 0 aromatic heterocycles. The van der Waals surface area contributed by atoms with Gasteiger partial charge in [-0.05, 0) is 13.8 Å². The van der Waals surface area contributed by atoms with E-state index in [0.29, 0.717) is 6.61 Å². The van der Waals surface area contributed by atoms with Gasteiger partial charge >= 0.3 is 5.97 Å². The molecule has 1 saturated heterocycles. The number of ether oxygens (including phenoxy) is 2. The van der Waals surface area contributed by atoms with Crippen LogP contribution in [-0.4, -0.2) is 42.0 Å². The Kier molecular flexibility index (Phi) is 4.34. The molecule has 18 heavy (non-hydrogen) atoms. The third-order valence-electron chi connectivity index (χ3n) is 2.78. The molecule has 1 fully saturated rings. The van der Waals surface area contributed by atoms with Crippen LogP contribution in [0.3, 0.4) is 0 Å². The summed E-state index contributed by atoms with van der Waals surface area (Å²) in [6.07, 6.45) is -0.742. The molecule has 0 bridgehead atoms. The van der Waals surface area contributed by atoms with Crippen LogP contribution in [0.5, 0.6) is 0 Å². The summed E-state index contributed by atoms with van der Waals surface area (Å²) in [7, 11) is 0. The maximum Gasteiger partial charge on any atom is 0.305 e. The average molecular weight is 259 g/mol. The molecule has 6 nitrogen and oxygen atoms in total. The Bertz CT molecular complexity index is 337. The molecule has 0 aromatic rings. The molecule has 0 aromatic carbocycles. The zero-order chi connectivity index (χ0) is 14.0. The highest BCUT2D eigenvalue weighted by atomic mass is 16.7. The van der Waals surface area contributed by atoms with E-state index in [1.54, 1.807) is 13.8 Å². The fourth-order valence-electron chi connectivity index (χ4n) is 1.71. The van der Waals surface area contributed by atoms with Crippen LogP contribution in [0.2, 0.25) is 0 Å². The van der Waals surface area contributed by atoms with Crippen LogP contribution in [0.1, 0.15) is 34.1 Å². The van der Waals surface area contributed by atoms with Gasteiger partial charge in [-0.1, -0.05) is 13.8 Å². The van der Waals surface area contributed by atoms with Gasteiger partial charge in [0.25, 0.3) is 0 Å². The van der Waals surface area contributed by atoms with Crippen molar-refractivity contribution >= 4 is 11.9 Å². The van der Waals surface area contributed by atoms with Crippen molar-refractivity contribution in [1.82, 2.24) is 5.32 Å². The number of nitrogens with one attached hydrogen (secondary N) is 1. The second-order valence-corrected chi connectivity index (χ2v) is 5.61. The summed E-state index contributed by atoms with van der Waals surface area (Å²) in [5, 5.41) is 11.1. The number of carbonyl (C=O) groups is 2. The molecule has 0 spiro atoms. The number of carbonyl (C=O) groups excluding carboxylic acids is 1. The Morgan fingerprint density at radius 2 is 1.94 bits per heavy atom. The molecule has 1 rings (SSSR count). The van der Waals surface area contributed by atoms with E-state index in [-0.39, 0.29) is 18.9 Å². The van der Waals surface area contributed by atoms with Crippen molar-refractivity contribution in [2.75, 3.05) is 13.2 Å². The second-order valence-electron chi connectivity index (χ2n) is 5.61. The first-order valence-corrected chi connectivity index (χ1v) is 5.95. The van der Waals surface area contributed by atoms with Crippen LogP contribution in [0.25, 0.3) is 0 Å².